The molecule has 4 heteroatoms. The number of carbonyl (C=O) groups excluding carboxylic acids is 1. The van der Waals surface area contributed by atoms with Gasteiger partial charge >= 0.3 is 0 Å². The highest BCUT2D eigenvalue weighted by molar-refractivity contribution is 5.84. The van der Waals surface area contributed by atoms with Gasteiger partial charge < -0.3 is 15.8 Å². The van der Waals surface area contributed by atoms with Crippen LogP contribution in [0, 0.1) is 5.92 Å². The number of nitrogens with two attached hydrogens (primary N) is 1. The summed E-state index contributed by atoms with van der Waals surface area (Å²) >= 11 is 0. The van der Waals surface area contributed by atoms with Crippen LogP contribution in [0.2, 0.25) is 0 Å². The van der Waals surface area contributed by atoms with Crippen LogP contribution in [0.25, 0.3) is 0 Å². The van der Waals surface area contributed by atoms with E-state index >= 15 is 0 Å². The Labute approximate surface area is 128 Å². The lowest BCUT2D eigenvalue weighted by Crippen LogP contribution is -2.43. The molecule has 0 radical (unpaired) electrons. The zero-order valence-electron chi connectivity index (χ0n) is 13.3. The maximum Gasteiger partial charge on any atom is 0.228 e. The van der Waals surface area contributed by atoms with Gasteiger partial charge in [0, 0.05) is 7.11 Å². The van der Waals surface area contributed by atoms with Crippen LogP contribution < -0.4 is 11.1 Å². The van der Waals surface area contributed by atoms with Crippen molar-refractivity contribution in [3.05, 3.63) is 35.9 Å². The van der Waals surface area contributed by atoms with Crippen molar-refractivity contribution >= 4 is 5.91 Å². The van der Waals surface area contributed by atoms with Gasteiger partial charge in [0.2, 0.25) is 5.91 Å². The lowest BCUT2D eigenvalue weighted by atomic mass is 9.84. The molecule has 3 N–H and O–H groups in total. The second-order valence-electron chi connectivity index (χ2n) is 5.51. The summed E-state index contributed by atoms with van der Waals surface area (Å²) in [6.45, 7) is 5.25. The Morgan fingerprint density at radius 1 is 1.33 bits per heavy atom. The number of hydrogen-bond donors (Lipinski definition) is 2. The summed E-state index contributed by atoms with van der Waals surface area (Å²) in [6, 6.07) is 9.93. The molecular formula is C17H28N2O2. The minimum absolute atomic E-state index is 0.0252. The van der Waals surface area contributed by atoms with E-state index in [1.54, 1.807) is 7.11 Å². The molecule has 0 aliphatic carbocycles. The van der Waals surface area contributed by atoms with E-state index in [2.05, 4.69) is 19.2 Å². The van der Waals surface area contributed by atoms with Gasteiger partial charge in [-0.25, -0.2) is 0 Å². The summed E-state index contributed by atoms with van der Waals surface area (Å²) in [5, 5.41) is 3.09. The normalized spacial score (nSPS) is 15.2. The van der Waals surface area contributed by atoms with Gasteiger partial charge in [-0.3, -0.25) is 4.79 Å². The molecule has 0 aliphatic rings. The smallest absolute Gasteiger partial charge is 0.228 e. The molecule has 118 valence electrons. The van der Waals surface area contributed by atoms with Crippen molar-refractivity contribution in [2.24, 2.45) is 11.7 Å². The molecule has 1 aromatic rings. The first kappa shape index (κ1) is 17.7. The number of ether oxygens (including phenoxy) is 1. The summed E-state index contributed by atoms with van der Waals surface area (Å²) in [7, 11) is 1.64. The summed E-state index contributed by atoms with van der Waals surface area (Å²) in [5.74, 6) is 0.216. The molecule has 0 aromatic heterocycles. The maximum atomic E-state index is 12.7. The Morgan fingerprint density at radius 3 is 2.52 bits per heavy atom. The van der Waals surface area contributed by atoms with Crippen LogP contribution in [0.5, 0.6) is 0 Å². The quantitative estimate of drug-likeness (QED) is 0.734. The number of amides is 1. The van der Waals surface area contributed by atoms with Gasteiger partial charge in [-0.15, -0.1) is 0 Å². The summed E-state index contributed by atoms with van der Waals surface area (Å²) in [4.78, 5) is 12.7. The number of rotatable bonds is 9. The largest absolute Gasteiger partial charge is 0.383 e. The molecule has 1 rings (SSSR count). The van der Waals surface area contributed by atoms with Crippen LogP contribution in [-0.2, 0) is 9.53 Å². The van der Waals surface area contributed by atoms with Gasteiger partial charge in [0.05, 0.1) is 18.6 Å². The fourth-order valence-corrected chi connectivity index (χ4v) is 2.52. The Balaban J connectivity index is 2.85. The topological polar surface area (TPSA) is 64.4 Å². The summed E-state index contributed by atoms with van der Waals surface area (Å²) < 4.78 is 5.16. The first-order chi connectivity index (χ1) is 10.1. The molecular weight excluding hydrogens is 264 g/mol. The number of benzene rings is 1. The Kier molecular flexibility index (Phi) is 8.01. The molecule has 3 atom stereocenters. The van der Waals surface area contributed by atoms with E-state index < -0.39 is 0 Å². The van der Waals surface area contributed by atoms with Crippen LogP contribution in [-0.4, -0.2) is 32.2 Å². The third kappa shape index (κ3) is 5.48. The van der Waals surface area contributed by atoms with Crippen molar-refractivity contribution in [1.82, 2.24) is 5.32 Å². The third-order valence-corrected chi connectivity index (χ3v) is 3.88. The number of nitrogens with one attached hydrogen (secondary N) is 1. The number of hydrogen-bond acceptors (Lipinski definition) is 3. The molecule has 0 spiro atoms. The highest BCUT2D eigenvalue weighted by Crippen LogP contribution is 2.27. The molecule has 1 aromatic carbocycles. The van der Waals surface area contributed by atoms with Crippen LogP contribution in [0.3, 0.4) is 0 Å². The first-order valence-electron chi connectivity index (χ1n) is 7.68. The van der Waals surface area contributed by atoms with Gasteiger partial charge in [-0.2, -0.15) is 0 Å². The molecule has 4 nitrogen and oxygen atoms in total. The lowest BCUT2D eigenvalue weighted by Gasteiger charge is -2.26. The number of carbonyl (C=O) groups is 1. The maximum absolute atomic E-state index is 12.7. The van der Waals surface area contributed by atoms with Crippen molar-refractivity contribution in [2.45, 2.75) is 38.6 Å². The zero-order chi connectivity index (χ0) is 15.7. The Hall–Kier alpha value is -1.39. The standard InChI is InChI=1S/C17H28N2O2/c1-4-13(2)16(14-8-6-5-7-9-14)17(20)19-15(10-11-18)12-21-3/h5-9,13,15-16H,4,10-12,18H2,1-3H3,(H,19,20). The van der Waals surface area contributed by atoms with Crippen LogP contribution in [0.4, 0.5) is 0 Å². The molecule has 3 unspecified atom stereocenters. The van der Waals surface area contributed by atoms with Crippen molar-refractivity contribution in [3.63, 3.8) is 0 Å². The van der Waals surface area contributed by atoms with Crippen molar-refractivity contribution in [3.8, 4) is 0 Å². The van der Waals surface area contributed by atoms with E-state index in [1.807, 2.05) is 30.3 Å². The second-order valence-corrected chi connectivity index (χ2v) is 5.51. The monoisotopic (exact) mass is 292 g/mol. The molecule has 0 saturated carbocycles. The van der Waals surface area contributed by atoms with Crippen LogP contribution >= 0.6 is 0 Å². The Bertz CT molecular complexity index is 403. The second kappa shape index (κ2) is 9.53. The predicted molar refractivity (Wildman–Crippen MR) is 86.1 cm³/mol. The van der Waals surface area contributed by atoms with E-state index in [9.17, 15) is 4.79 Å². The molecule has 0 saturated heterocycles. The van der Waals surface area contributed by atoms with Crippen LogP contribution in [0.15, 0.2) is 30.3 Å². The molecule has 21 heavy (non-hydrogen) atoms. The fraction of sp³-hybridized carbons (Fsp3) is 0.588. The fourth-order valence-electron chi connectivity index (χ4n) is 2.52. The molecule has 0 aliphatic heterocycles. The summed E-state index contributed by atoms with van der Waals surface area (Å²) in [6.07, 6.45) is 1.68. The molecule has 1 amide bonds. The third-order valence-electron chi connectivity index (χ3n) is 3.88. The number of methoxy groups -OCH3 is 1. The first-order valence-corrected chi connectivity index (χ1v) is 7.68. The van der Waals surface area contributed by atoms with E-state index in [-0.39, 0.29) is 23.8 Å². The molecule has 0 bridgehead atoms. The van der Waals surface area contributed by atoms with Crippen LogP contribution in [0.1, 0.15) is 38.2 Å². The van der Waals surface area contributed by atoms with Crippen molar-refractivity contribution < 1.29 is 9.53 Å². The van der Waals surface area contributed by atoms with Gasteiger partial charge in [0.1, 0.15) is 0 Å². The SMILES string of the molecule is CCC(C)C(C(=O)NC(CCN)COC)c1ccccc1. The van der Waals surface area contributed by atoms with E-state index in [4.69, 9.17) is 10.5 Å². The van der Waals surface area contributed by atoms with Gasteiger partial charge in [-0.1, -0.05) is 50.6 Å². The zero-order valence-corrected chi connectivity index (χ0v) is 13.3. The van der Waals surface area contributed by atoms with Gasteiger partial charge in [0.25, 0.3) is 0 Å². The average Bonchev–Trinajstić information content (AvgIpc) is 2.49. The average molecular weight is 292 g/mol. The van der Waals surface area contributed by atoms with E-state index in [0.29, 0.717) is 13.2 Å². The van der Waals surface area contributed by atoms with Crippen molar-refractivity contribution in [1.29, 1.82) is 0 Å². The predicted octanol–water partition coefficient (Wildman–Crippen LogP) is 2.30. The minimum Gasteiger partial charge on any atom is -0.383 e. The summed E-state index contributed by atoms with van der Waals surface area (Å²) in [5.41, 5.74) is 6.66. The highest BCUT2D eigenvalue weighted by atomic mass is 16.5. The molecule has 0 fully saturated rings. The van der Waals surface area contributed by atoms with E-state index in [0.717, 1.165) is 18.4 Å². The van der Waals surface area contributed by atoms with Gasteiger partial charge in [0.15, 0.2) is 0 Å². The van der Waals surface area contributed by atoms with E-state index in [1.165, 1.54) is 0 Å². The highest BCUT2D eigenvalue weighted by Gasteiger charge is 2.27. The van der Waals surface area contributed by atoms with Crippen molar-refractivity contribution in [2.75, 3.05) is 20.3 Å². The minimum atomic E-state index is -0.131. The Morgan fingerprint density at radius 2 is 2.00 bits per heavy atom. The lowest BCUT2D eigenvalue weighted by molar-refractivity contribution is -0.124. The van der Waals surface area contributed by atoms with Gasteiger partial charge in [-0.05, 0) is 24.4 Å². The molecule has 0 heterocycles.